The molecule has 1 aromatic heterocycles. The fraction of sp³-hybridized carbons (Fsp3) is 0.636. The molecule has 1 aliphatic rings. The van der Waals surface area contributed by atoms with Gasteiger partial charge >= 0.3 is 5.97 Å². The van der Waals surface area contributed by atoms with E-state index in [4.69, 9.17) is 13.9 Å². The van der Waals surface area contributed by atoms with Crippen LogP contribution in [0, 0.1) is 0 Å². The molecule has 0 aromatic carbocycles. The predicted molar refractivity (Wildman–Crippen MR) is 55.2 cm³/mol. The molecule has 1 aliphatic heterocycles. The van der Waals surface area contributed by atoms with Crippen LogP contribution >= 0.6 is 0 Å². The molecule has 16 heavy (non-hydrogen) atoms. The highest BCUT2D eigenvalue weighted by Crippen LogP contribution is 2.32. The number of aromatic nitrogens is 1. The Kier molecular flexibility index (Phi) is 3.24. The molecule has 1 saturated heterocycles. The summed E-state index contributed by atoms with van der Waals surface area (Å²) >= 11 is 0. The number of nitrogens with zero attached hydrogens (tertiary/aromatic N) is 1. The van der Waals surface area contributed by atoms with Crippen LogP contribution in [-0.4, -0.2) is 30.3 Å². The average Bonchev–Trinajstić information content (AvgIpc) is 2.85. The van der Waals surface area contributed by atoms with E-state index in [9.17, 15) is 4.79 Å². The second-order valence-corrected chi connectivity index (χ2v) is 3.76. The number of hydrogen-bond donors (Lipinski definition) is 0. The summed E-state index contributed by atoms with van der Waals surface area (Å²) in [6.07, 6.45) is 2.19. The van der Waals surface area contributed by atoms with Crippen LogP contribution in [-0.2, 0) is 9.47 Å². The van der Waals surface area contributed by atoms with Crippen LogP contribution in [0.2, 0.25) is 0 Å². The first kappa shape index (κ1) is 11.1. The molecule has 2 rings (SSSR count). The van der Waals surface area contributed by atoms with Crippen molar-refractivity contribution in [3.05, 3.63) is 17.8 Å². The quantitative estimate of drug-likeness (QED) is 0.733. The molecule has 1 aromatic rings. The van der Waals surface area contributed by atoms with Gasteiger partial charge in [0.05, 0.1) is 12.7 Å². The van der Waals surface area contributed by atoms with Crippen LogP contribution in [0.1, 0.15) is 42.4 Å². The Balaban J connectivity index is 2.21. The van der Waals surface area contributed by atoms with E-state index in [1.807, 2.05) is 6.92 Å². The van der Waals surface area contributed by atoms with Crippen molar-refractivity contribution >= 4 is 5.97 Å². The van der Waals surface area contributed by atoms with Crippen molar-refractivity contribution in [2.24, 2.45) is 0 Å². The zero-order valence-corrected chi connectivity index (χ0v) is 9.43. The minimum atomic E-state index is -0.426. The highest BCUT2D eigenvalue weighted by molar-refractivity contribution is 5.88. The summed E-state index contributed by atoms with van der Waals surface area (Å²) in [5.74, 6) is 0.260. The third-order valence-corrected chi connectivity index (χ3v) is 2.78. The summed E-state index contributed by atoms with van der Waals surface area (Å²) in [6, 6.07) is 0. The maximum Gasteiger partial charge on any atom is 0.360 e. The van der Waals surface area contributed by atoms with E-state index in [2.05, 4.69) is 4.98 Å². The number of carbonyl (C=O) groups is 1. The Morgan fingerprint density at radius 3 is 3.12 bits per heavy atom. The first-order chi connectivity index (χ1) is 7.74. The molecule has 0 N–H and O–H groups in total. The normalized spacial score (nSPS) is 24.6. The topological polar surface area (TPSA) is 61.6 Å². The standard InChI is InChI=1S/C11H15NO4/c1-3-14-11(13)9-10(16-6-12-9)8-4-5-15-7(8)2/h6-8H,3-5H2,1-2H3. The first-order valence-electron chi connectivity index (χ1n) is 5.46. The van der Waals surface area contributed by atoms with Gasteiger partial charge in [-0.2, -0.15) is 0 Å². The van der Waals surface area contributed by atoms with Crippen LogP contribution in [0.4, 0.5) is 0 Å². The molecule has 0 saturated carbocycles. The minimum absolute atomic E-state index is 0.0566. The van der Waals surface area contributed by atoms with Gasteiger partial charge in [-0.1, -0.05) is 0 Å². The third kappa shape index (κ3) is 1.95. The van der Waals surface area contributed by atoms with Gasteiger partial charge in [-0.3, -0.25) is 0 Å². The summed E-state index contributed by atoms with van der Waals surface area (Å²) in [5.41, 5.74) is 0.282. The van der Waals surface area contributed by atoms with Gasteiger partial charge in [0.25, 0.3) is 0 Å². The molecule has 2 unspecified atom stereocenters. The lowest BCUT2D eigenvalue weighted by Crippen LogP contribution is -2.14. The third-order valence-electron chi connectivity index (χ3n) is 2.78. The van der Waals surface area contributed by atoms with Crippen LogP contribution in [0.25, 0.3) is 0 Å². The van der Waals surface area contributed by atoms with Gasteiger partial charge in [-0.25, -0.2) is 9.78 Å². The Morgan fingerprint density at radius 1 is 1.69 bits per heavy atom. The number of hydrogen-bond acceptors (Lipinski definition) is 5. The van der Waals surface area contributed by atoms with Crippen molar-refractivity contribution < 1.29 is 18.7 Å². The largest absolute Gasteiger partial charge is 0.461 e. The fourth-order valence-corrected chi connectivity index (χ4v) is 1.95. The van der Waals surface area contributed by atoms with Crippen LogP contribution in [0.5, 0.6) is 0 Å². The summed E-state index contributed by atoms with van der Waals surface area (Å²) in [6.45, 7) is 4.75. The molecule has 0 radical (unpaired) electrons. The predicted octanol–water partition coefficient (Wildman–Crippen LogP) is 1.74. The first-order valence-corrected chi connectivity index (χ1v) is 5.46. The van der Waals surface area contributed by atoms with Crippen LogP contribution < -0.4 is 0 Å². The number of ether oxygens (including phenoxy) is 2. The van der Waals surface area contributed by atoms with Gasteiger partial charge in [0.15, 0.2) is 12.1 Å². The molecule has 0 aliphatic carbocycles. The maximum absolute atomic E-state index is 11.6. The molecule has 5 heteroatoms. The summed E-state index contributed by atoms with van der Waals surface area (Å²) < 4.78 is 15.7. The number of oxazole rings is 1. The van der Waals surface area contributed by atoms with Crippen molar-refractivity contribution in [3.8, 4) is 0 Å². The number of esters is 1. The zero-order valence-electron chi connectivity index (χ0n) is 9.43. The molecule has 2 heterocycles. The van der Waals surface area contributed by atoms with Gasteiger partial charge in [-0.05, 0) is 20.3 Å². The molecule has 0 amide bonds. The van der Waals surface area contributed by atoms with Gasteiger partial charge in [0.1, 0.15) is 5.76 Å². The van der Waals surface area contributed by atoms with Crippen molar-refractivity contribution in [3.63, 3.8) is 0 Å². The smallest absolute Gasteiger partial charge is 0.360 e. The van der Waals surface area contributed by atoms with Gasteiger partial charge in [0.2, 0.25) is 0 Å². The summed E-state index contributed by atoms with van der Waals surface area (Å²) in [7, 11) is 0. The molecule has 88 valence electrons. The highest BCUT2D eigenvalue weighted by atomic mass is 16.5. The Labute approximate surface area is 93.7 Å². The highest BCUT2D eigenvalue weighted by Gasteiger charge is 2.33. The van der Waals surface area contributed by atoms with E-state index in [1.54, 1.807) is 6.92 Å². The Bertz CT molecular complexity index is 374. The van der Waals surface area contributed by atoms with Crippen molar-refractivity contribution in [1.29, 1.82) is 0 Å². The van der Waals surface area contributed by atoms with Gasteiger partial charge < -0.3 is 13.9 Å². The SMILES string of the molecule is CCOC(=O)c1ncoc1C1CCOC1C. The molecule has 0 bridgehead atoms. The second kappa shape index (κ2) is 4.65. The van der Waals surface area contributed by atoms with E-state index < -0.39 is 5.97 Å². The lowest BCUT2D eigenvalue weighted by atomic mass is 9.98. The molecule has 1 fully saturated rings. The fourth-order valence-electron chi connectivity index (χ4n) is 1.95. The zero-order chi connectivity index (χ0) is 11.5. The van der Waals surface area contributed by atoms with E-state index in [0.29, 0.717) is 19.0 Å². The summed E-state index contributed by atoms with van der Waals surface area (Å²) in [5, 5.41) is 0. The molecular formula is C11H15NO4. The monoisotopic (exact) mass is 225 g/mol. The van der Waals surface area contributed by atoms with E-state index >= 15 is 0 Å². The van der Waals surface area contributed by atoms with Crippen molar-refractivity contribution in [1.82, 2.24) is 4.98 Å². The van der Waals surface area contributed by atoms with Crippen LogP contribution in [0.3, 0.4) is 0 Å². The number of rotatable bonds is 3. The molecule has 0 spiro atoms. The van der Waals surface area contributed by atoms with E-state index in [1.165, 1.54) is 6.39 Å². The number of carbonyl (C=O) groups excluding carboxylic acids is 1. The van der Waals surface area contributed by atoms with E-state index in [-0.39, 0.29) is 17.7 Å². The van der Waals surface area contributed by atoms with E-state index in [0.717, 1.165) is 6.42 Å². The van der Waals surface area contributed by atoms with Crippen molar-refractivity contribution in [2.75, 3.05) is 13.2 Å². The lowest BCUT2D eigenvalue weighted by Gasteiger charge is -2.11. The van der Waals surface area contributed by atoms with Crippen LogP contribution in [0.15, 0.2) is 10.8 Å². The average molecular weight is 225 g/mol. The van der Waals surface area contributed by atoms with Gasteiger partial charge in [-0.15, -0.1) is 0 Å². The Hall–Kier alpha value is -1.36. The van der Waals surface area contributed by atoms with Gasteiger partial charge in [0, 0.05) is 12.5 Å². The Morgan fingerprint density at radius 2 is 2.50 bits per heavy atom. The maximum atomic E-state index is 11.6. The van der Waals surface area contributed by atoms with Crippen molar-refractivity contribution in [2.45, 2.75) is 32.3 Å². The second-order valence-electron chi connectivity index (χ2n) is 3.76. The minimum Gasteiger partial charge on any atom is -0.461 e. The molecule has 5 nitrogen and oxygen atoms in total. The molecule has 2 atom stereocenters. The lowest BCUT2D eigenvalue weighted by molar-refractivity contribution is 0.0515. The molecular weight excluding hydrogens is 210 g/mol. The summed E-state index contributed by atoms with van der Waals surface area (Å²) in [4.78, 5) is 15.5.